The summed E-state index contributed by atoms with van der Waals surface area (Å²) in [5.41, 5.74) is 3.85. The van der Waals surface area contributed by atoms with Gasteiger partial charge in [0, 0.05) is 25.9 Å². The molecule has 4 heteroatoms. The Bertz CT molecular complexity index is 505. The lowest BCUT2D eigenvalue weighted by atomic mass is 9.95. The highest BCUT2D eigenvalue weighted by Crippen LogP contribution is 2.28. The molecule has 1 atom stereocenters. The maximum Gasteiger partial charge on any atom is 0.241 e. The standard InChI is InChI=1S/C16H22N2O2/c1-11-6-12(2)8-15(7-11)14-4-5-18(10-14)16(20)9-17-13(3)19/h6-8,14H,4-5,9-10H2,1-3H3,(H,17,19)/t14-/m0/s1. The molecule has 2 amide bonds. The first kappa shape index (κ1) is 14.6. The van der Waals surface area contributed by atoms with Gasteiger partial charge in [0.2, 0.25) is 11.8 Å². The van der Waals surface area contributed by atoms with Gasteiger partial charge in [0.1, 0.15) is 0 Å². The van der Waals surface area contributed by atoms with Crippen LogP contribution in [0, 0.1) is 13.8 Å². The average Bonchev–Trinajstić information content (AvgIpc) is 2.84. The van der Waals surface area contributed by atoms with Gasteiger partial charge in [0.05, 0.1) is 6.54 Å². The third-order valence-electron chi connectivity index (χ3n) is 3.74. The van der Waals surface area contributed by atoms with Gasteiger partial charge in [0.25, 0.3) is 0 Å². The molecule has 1 saturated heterocycles. The molecule has 1 aromatic carbocycles. The fraction of sp³-hybridized carbons (Fsp3) is 0.500. The molecule has 0 radical (unpaired) electrons. The summed E-state index contributed by atoms with van der Waals surface area (Å²) in [7, 11) is 0. The van der Waals surface area contributed by atoms with Crippen molar-refractivity contribution in [2.45, 2.75) is 33.1 Å². The van der Waals surface area contributed by atoms with Gasteiger partial charge in [-0.1, -0.05) is 29.3 Å². The lowest BCUT2D eigenvalue weighted by molar-refractivity contribution is -0.131. The molecule has 108 valence electrons. The van der Waals surface area contributed by atoms with Crippen molar-refractivity contribution in [1.82, 2.24) is 10.2 Å². The van der Waals surface area contributed by atoms with Crippen LogP contribution in [0.4, 0.5) is 0 Å². The van der Waals surface area contributed by atoms with Crippen LogP contribution in [0.5, 0.6) is 0 Å². The largest absolute Gasteiger partial charge is 0.347 e. The van der Waals surface area contributed by atoms with E-state index in [1.54, 1.807) is 0 Å². The Morgan fingerprint density at radius 3 is 2.50 bits per heavy atom. The predicted molar refractivity (Wildman–Crippen MR) is 78.5 cm³/mol. The Hall–Kier alpha value is -1.84. The van der Waals surface area contributed by atoms with Crippen molar-refractivity contribution < 1.29 is 9.59 Å². The predicted octanol–water partition coefficient (Wildman–Crippen LogP) is 1.76. The molecule has 1 N–H and O–H groups in total. The highest BCUT2D eigenvalue weighted by Gasteiger charge is 2.27. The lowest BCUT2D eigenvalue weighted by Gasteiger charge is -2.17. The Morgan fingerprint density at radius 2 is 1.90 bits per heavy atom. The smallest absolute Gasteiger partial charge is 0.241 e. The number of hydrogen-bond acceptors (Lipinski definition) is 2. The van der Waals surface area contributed by atoms with Gasteiger partial charge in [-0.15, -0.1) is 0 Å². The van der Waals surface area contributed by atoms with E-state index in [-0.39, 0.29) is 18.4 Å². The number of rotatable bonds is 3. The third kappa shape index (κ3) is 3.59. The number of carbonyl (C=O) groups excluding carboxylic acids is 2. The fourth-order valence-electron chi connectivity index (χ4n) is 2.82. The van der Waals surface area contributed by atoms with Crippen LogP contribution in [0.3, 0.4) is 0 Å². The van der Waals surface area contributed by atoms with Gasteiger partial charge >= 0.3 is 0 Å². The average molecular weight is 274 g/mol. The minimum absolute atomic E-state index is 0.00655. The molecule has 4 nitrogen and oxygen atoms in total. The van der Waals surface area contributed by atoms with Gasteiger partial charge in [-0.05, 0) is 25.8 Å². The molecule has 0 spiro atoms. The van der Waals surface area contributed by atoms with Crippen LogP contribution in [0.2, 0.25) is 0 Å². The Morgan fingerprint density at radius 1 is 1.25 bits per heavy atom. The van der Waals surface area contributed by atoms with Gasteiger partial charge in [-0.2, -0.15) is 0 Å². The Balaban J connectivity index is 1.98. The first-order valence-corrected chi connectivity index (χ1v) is 7.06. The highest BCUT2D eigenvalue weighted by atomic mass is 16.2. The van der Waals surface area contributed by atoms with Crippen LogP contribution in [0.25, 0.3) is 0 Å². The van der Waals surface area contributed by atoms with Gasteiger partial charge in [0.15, 0.2) is 0 Å². The summed E-state index contributed by atoms with van der Waals surface area (Å²) in [6.45, 7) is 7.26. The molecule has 0 bridgehead atoms. The van der Waals surface area contributed by atoms with Crippen molar-refractivity contribution in [3.05, 3.63) is 34.9 Å². The van der Waals surface area contributed by atoms with Crippen molar-refractivity contribution in [2.24, 2.45) is 0 Å². The van der Waals surface area contributed by atoms with Crippen molar-refractivity contribution in [3.8, 4) is 0 Å². The van der Waals surface area contributed by atoms with Crippen LogP contribution in [-0.4, -0.2) is 36.3 Å². The maximum absolute atomic E-state index is 12.0. The summed E-state index contributed by atoms with van der Waals surface area (Å²) in [5, 5.41) is 2.56. The minimum Gasteiger partial charge on any atom is -0.347 e. The monoisotopic (exact) mass is 274 g/mol. The number of benzene rings is 1. The van der Waals surface area contributed by atoms with E-state index in [2.05, 4.69) is 37.4 Å². The van der Waals surface area contributed by atoms with Crippen LogP contribution < -0.4 is 5.32 Å². The van der Waals surface area contributed by atoms with Crippen LogP contribution in [0.1, 0.15) is 36.0 Å². The van der Waals surface area contributed by atoms with E-state index in [0.29, 0.717) is 5.92 Å². The summed E-state index contributed by atoms with van der Waals surface area (Å²) in [6, 6.07) is 6.58. The molecule has 0 unspecified atom stereocenters. The number of nitrogens with one attached hydrogen (secondary N) is 1. The van der Waals surface area contributed by atoms with Crippen LogP contribution in [0.15, 0.2) is 18.2 Å². The molecule has 0 saturated carbocycles. The second-order valence-electron chi connectivity index (χ2n) is 5.66. The summed E-state index contributed by atoms with van der Waals surface area (Å²) in [6.07, 6.45) is 0.995. The molecule has 20 heavy (non-hydrogen) atoms. The zero-order valence-corrected chi connectivity index (χ0v) is 12.4. The SMILES string of the molecule is CC(=O)NCC(=O)N1CC[C@H](c2cc(C)cc(C)c2)C1. The van der Waals surface area contributed by atoms with Crippen molar-refractivity contribution in [3.63, 3.8) is 0 Å². The van der Waals surface area contributed by atoms with Crippen molar-refractivity contribution in [1.29, 1.82) is 0 Å². The van der Waals surface area contributed by atoms with Gasteiger partial charge < -0.3 is 10.2 Å². The van der Waals surface area contributed by atoms with E-state index < -0.39 is 0 Å². The van der Waals surface area contributed by atoms with Crippen LogP contribution >= 0.6 is 0 Å². The summed E-state index contributed by atoms with van der Waals surface area (Å²) < 4.78 is 0. The van der Waals surface area contributed by atoms with Crippen molar-refractivity contribution in [2.75, 3.05) is 19.6 Å². The number of likely N-dealkylation sites (tertiary alicyclic amines) is 1. The van der Waals surface area contributed by atoms with E-state index >= 15 is 0 Å². The van der Waals surface area contributed by atoms with E-state index in [1.165, 1.54) is 23.6 Å². The number of amides is 2. The first-order valence-electron chi connectivity index (χ1n) is 7.06. The van der Waals surface area contributed by atoms with E-state index in [4.69, 9.17) is 0 Å². The summed E-state index contributed by atoms with van der Waals surface area (Å²) in [5.74, 6) is 0.255. The second-order valence-corrected chi connectivity index (χ2v) is 5.66. The van der Waals surface area contributed by atoms with E-state index in [9.17, 15) is 9.59 Å². The molecule has 1 fully saturated rings. The second kappa shape index (κ2) is 6.07. The normalized spacial score (nSPS) is 18.1. The molecule has 1 aromatic rings. The molecule has 1 aliphatic heterocycles. The zero-order chi connectivity index (χ0) is 14.7. The number of aryl methyl sites for hydroxylation is 2. The maximum atomic E-state index is 12.0. The number of hydrogen-bond donors (Lipinski definition) is 1. The minimum atomic E-state index is -0.164. The quantitative estimate of drug-likeness (QED) is 0.913. The topological polar surface area (TPSA) is 49.4 Å². The summed E-state index contributed by atoms with van der Waals surface area (Å²) >= 11 is 0. The molecule has 1 heterocycles. The number of nitrogens with zero attached hydrogens (tertiary/aromatic N) is 1. The van der Waals surface area contributed by atoms with E-state index in [0.717, 1.165) is 19.5 Å². The molecular formula is C16H22N2O2. The van der Waals surface area contributed by atoms with E-state index in [1.807, 2.05) is 4.90 Å². The van der Waals surface area contributed by atoms with Gasteiger partial charge in [-0.3, -0.25) is 9.59 Å². The molecule has 0 aliphatic carbocycles. The Labute approximate surface area is 120 Å². The van der Waals surface area contributed by atoms with Crippen LogP contribution in [-0.2, 0) is 9.59 Å². The van der Waals surface area contributed by atoms with Crippen molar-refractivity contribution >= 4 is 11.8 Å². The highest BCUT2D eigenvalue weighted by molar-refractivity contribution is 5.83. The number of carbonyl (C=O) groups is 2. The molecular weight excluding hydrogens is 252 g/mol. The lowest BCUT2D eigenvalue weighted by Crippen LogP contribution is -2.38. The summed E-state index contributed by atoms with van der Waals surface area (Å²) in [4.78, 5) is 24.7. The first-order chi connectivity index (χ1) is 9.45. The zero-order valence-electron chi connectivity index (χ0n) is 12.4. The molecule has 0 aromatic heterocycles. The molecule has 2 rings (SSSR count). The van der Waals surface area contributed by atoms with Gasteiger partial charge in [-0.25, -0.2) is 0 Å². The Kier molecular flexibility index (Phi) is 4.42. The third-order valence-corrected chi connectivity index (χ3v) is 3.74. The molecule has 1 aliphatic rings. The fourth-order valence-corrected chi connectivity index (χ4v) is 2.82.